The number of rotatable bonds is 19. The minimum absolute atomic E-state index is 0.167. The number of hydrogen-bond donors (Lipinski definition) is 0. The molecular weight excluding hydrogens is 506 g/mol. The highest BCUT2D eigenvalue weighted by Gasteiger charge is 2.12. The Kier molecular flexibility index (Phi) is 13.9. The highest BCUT2D eigenvalue weighted by molar-refractivity contribution is 7.16. The van der Waals surface area contributed by atoms with Gasteiger partial charge in [0.25, 0.3) is 5.19 Å². The van der Waals surface area contributed by atoms with Crippen molar-refractivity contribution in [2.24, 2.45) is 0 Å². The largest absolute Gasteiger partial charge is 0.491 e. The first-order valence-corrected chi connectivity index (χ1v) is 15.6. The predicted octanol–water partition coefficient (Wildman–Crippen LogP) is 9.90. The summed E-state index contributed by atoms with van der Waals surface area (Å²) in [4.78, 5) is 18.1. The second kappa shape index (κ2) is 17.7. The van der Waals surface area contributed by atoms with Gasteiger partial charge in [-0.3, -0.25) is 0 Å². The van der Waals surface area contributed by atoms with Gasteiger partial charge in [-0.1, -0.05) is 95.1 Å². The fraction of sp³-hybridized carbons (Fsp3) is 0.515. The molecule has 6 heteroatoms. The van der Waals surface area contributed by atoms with E-state index in [0.717, 1.165) is 29.0 Å². The molecule has 0 saturated heterocycles. The molecule has 0 aliphatic heterocycles. The second-order valence-corrected chi connectivity index (χ2v) is 11.2. The summed E-state index contributed by atoms with van der Waals surface area (Å²) >= 11 is 1.53. The molecule has 2 aromatic carbocycles. The lowest BCUT2D eigenvalue weighted by Gasteiger charge is -2.15. The van der Waals surface area contributed by atoms with Crippen LogP contribution in [0.5, 0.6) is 16.7 Å². The van der Waals surface area contributed by atoms with E-state index in [1.807, 2.05) is 30.5 Å². The van der Waals surface area contributed by atoms with Crippen molar-refractivity contribution in [3.63, 3.8) is 0 Å². The molecule has 0 spiro atoms. The SMILES string of the molecule is CCCCCCCCCOc1ncc(-c2ccc(C(=O)Oc3ccc(O[C@@H](C)CCCCCC)cc3)cc2)s1. The van der Waals surface area contributed by atoms with E-state index in [1.165, 1.54) is 75.5 Å². The first-order chi connectivity index (χ1) is 19.1. The van der Waals surface area contributed by atoms with Crippen LogP contribution in [0.25, 0.3) is 10.4 Å². The molecule has 0 amide bonds. The molecule has 0 bridgehead atoms. The standard InChI is InChI=1S/C33H45NO4S/c1-4-6-8-10-11-12-14-24-36-33-34-25-31(39-33)27-16-18-28(19-17-27)32(35)38-30-22-20-29(21-23-30)37-26(3)15-13-9-7-5-2/h16-23,25-26H,4-15,24H2,1-3H3/t26-/m0/s1. The first-order valence-electron chi connectivity index (χ1n) is 14.8. The Morgan fingerprint density at radius 1 is 0.795 bits per heavy atom. The van der Waals surface area contributed by atoms with Crippen molar-refractivity contribution >= 4 is 17.3 Å². The lowest BCUT2D eigenvalue weighted by molar-refractivity contribution is 0.0734. The smallest absolute Gasteiger partial charge is 0.343 e. The van der Waals surface area contributed by atoms with Crippen LogP contribution >= 0.6 is 11.3 Å². The van der Waals surface area contributed by atoms with Crippen LogP contribution in [-0.4, -0.2) is 23.7 Å². The van der Waals surface area contributed by atoms with Crippen LogP contribution in [0.3, 0.4) is 0 Å². The van der Waals surface area contributed by atoms with Gasteiger partial charge >= 0.3 is 5.97 Å². The zero-order valence-corrected chi connectivity index (χ0v) is 24.8. The van der Waals surface area contributed by atoms with Crippen LogP contribution in [0.15, 0.2) is 54.7 Å². The van der Waals surface area contributed by atoms with Crippen molar-refractivity contribution in [3.8, 4) is 27.1 Å². The van der Waals surface area contributed by atoms with Gasteiger partial charge in [-0.05, 0) is 68.1 Å². The molecule has 0 N–H and O–H groups in total. The van der Waals surface area contributed by atoms with Gasteiger partial charge in [0.05, 0.1) is 23.2 Å². The van der Waals surface area contributed by atoms with E-state index in [9.17, 15) is 4.79 Å². The van der Waals surface area contributed by atoms with Crippen molar-refractivity contribution in [3.05, 3.63) is 60.3 Å². The number of esters is 1. The molecule has 3 aromatic rings. The number of nitrogens with zero attached hydrogens (tertiary/aromatic N) is 1. The molecule has 0 radical (unpaired) electrons. The fourth-order valence-corrected chi connectivity index (χ4v) is 5.14. The van der Waals surface area contributed by atoms with Gasteiger partial charge in [0, 0.05) is 6.20 Å². The number of benzene rings is 2. The van der Waals surface area contributed by atoms with Crippen LogP contribution in [0.4, 0.5) is 0 Å². The lowest BCUT2D eigenvalue weighted by atomic mass is 10.1. The molecule has 1 aromatic heterocycles. The molecule has 0 saturated carbocycles. The molecule has 0 unspecified atom stereocenters. The van der Waals surface area contributed by atoms with Crippen LogP contribution in [-0.2, 0) is 0 Å². The van der Waals surface area contributed by atoms with Gasteiger partial charge in [0.1, 0.15) is 11.5 Å². The summed E-state index contributed by atoms with van der Waals surface area (Å²) in [6, 6.07) is 14.7. The Morgan fingerprint density at radius 3 is 2.10 bits per heavy atom. The van der Waals surface area contributed by atoms with Crippen LogP contribution < -0.4 is 14.2 Å². The summed E-state index contributed by atoms with van der Waals surface area (Å²) in [5.41, 5.74) is 1.50. The summed E-state index contributed by atoms with van der Waals surface area (Å²) in [6.45, 7) is 7.26. The molecule has 3 rings (SSSR count). The fourth-order valence-electron chi connectivity index (χ4n) is 4.35. The second-order valence-electron chi connectivity index (χ2n) is 10.2. The van der Waals surface area contributed by atoms with Crippen molar-refractivity contribution in [2.45, 2.75) is 104 Å². The van der Waals surface area contributed by atoms with E-state index in [0.29, 0.717) is 23.1 Å². The Balaban J connectivity index is 1.41. The molecule has 212 valence electrons. The highest BCUT2D eigenvalue weighted by atomic mass is 32.1. The van der Waals surface area contributed by atoms with Gasteiger partial charge in [0.15, 0.2) is 0 Å². The summed E-state index contributed by atoms with van der Waals surface area (Å²) in [5.74, 6) is 0.900. The van der Waals surface area contributed by atoms with Crippen molar-refractivity contribution in [2.75, 3.05) is 6.61 Å². The third-order valence-corrected chi connectivity index (χ3v) is 7.66. The molecule has 1 heterocycles. The van der Waals surface area contributed by atoms with E-state index in [1.54, 1.807) is 24.3 Å². The van der Waals surface area contributed by atoms with Gasteiger partial charge in [-0.25, -0.2) is 9.78 Å². The Morgan fingerprint density at radius 2 is 1.41 bits per heavy atom. The van der Waals surface area contributed by atoms with E-state index in [2.05, 4.69) is 25.8 Å². The third kappa shape index (κ3) is 11.4. The zero-order valence-electron chi connectivity index (χ0n) is 24.0. The maximum atomic E-state index is 12.7. The molecule has 1 atom stereocenters. The minimum Gasteiger partial charge on any atom is -0.491 e. The zero-order chi connectivity index (χ0) is 27.7. The molecule has 0 fully saturated rings. The number of hydrogen-bond acceptors (Lipinski definition) is 6. The van der Waals surface area contributed by atoms with Crippen molar-refractivity contribution in [1.29, 1.82) is 0 Å². The average Bonchev–Trinajstić information content (AvgIpc) is 3.43. The monoisotopic (exact) mass is 551 g/mol. The van der Waals surface area contributed by atoms with Gasteiger partial charge in [0.2, 0.25) is 0 Å². The average molecular weight is 552 g/mol. The van der Waals surface area contributed by atoms with Gasteiger partial charge in [-0.15, -0.1) is 0 Å². The normalized spacial score (nSPS) is 11.8. The number of thiazole rings is 1. The number of aromatic nitrogens is 1. The minimum atomic E-state index is -0.387. The number of carbonyl (C=O) groups is 1. The summed E-state index contributed by atoms with van der Waals surface area (Å²) in [6.07, 6.45) is 16.8. The first kappa shape index (κ1) is 30.7. The van der Waals surface area contributed by atoms with E-state index in [-0.39, 0.29) is 12.1 Å². The summed E-state index contributed by atoms with van der Waals surface area (Å²) in [5, 5.41) is 0.692. The van der Waals surface area contributed by atoms with E-state index >= 15 is 0 Å². The molecule has 5 nitrogen and oxygen atoms in total. The van der Waals surface area contributed by atoms with Crippen molar-refractivity contribution in [1.82, 2.24) is 4.98 Å². The van der Waals surface area contributed by atoms with Crippen LogP contribution in [0, 0.1) is 0 Å². The maximum Gasteiger partial charge on any atom is 0.343 e. The number of unbranched alkanes of at least 4 members (excludes halogenated alkanes) is 9. The molecule has 39 heavy (non-hydrogen) atoms. The quantitative estimate of drug-likeness (QED) is 0.0843. The third-order valence-electron chi connectivity index (χ3n) is 6.70. The van der Waals surface area contributed by atoms with Gasteiger partial charge < -0.3 is 14.2 Å². The Labute approximate surface area is 238 Å². The Hall–Kier alpha value is -2.86. The lowest BCUT2D eigenvalue weighted by Crippen LogP contribution is -2.11. The summed E-state index contributed by atoms with van der Waals surface area (Å²) in [7, 11) is 0. The van der Waals surface area contributed by atoms with Crippen LogP contribution in [0.1, 0.15) is 108 Å². The maximum absolute atomic E-state index is 12.7. The summed E-state index contributed by atoms with van der Waals surface area (Å²) < 4.78 is 17.4. The van der Waals surface area contributed by atoms with Gasteiger partial charge in [-0.2, -0.15) is 0 Å². The molecule has 0 aliphatic rings. The Bertz CT molecular complexity index is 1080. The van der Waals surface area contributed by atoms with Crippen molar-refractivity contribution < 1.29 is 19.0 Å². The van der Waals surface area contributed by atoms with E-state index < -0.39 is 0 Å². The number of ether oxygens (including phenoxy) is 3. The molecular formula is C33H45NO4S. The van der Waals surface area contributed by atoms with E-state index in [4.69, 9.17) is 14.2 Å². The highest BCUT2D eigenvalue weighted by Crippen LogP contribution is 2.31. The number of carbonyl (C=O) groups excluding carboxylic acids is 1. The topological polar surface area (TPSA) is 57.7 Å². The molecule has 0 aliphatic carbocycles. The van der Waals surface area contributed by atoms with Crippen LogP contribution in [0.2, 0.25) is 0 Å². The predicted molar refractivity (Wildman–Crippen MR) is 161 cm³/mol.